The van der Waals surface area contributed by atoms with Crippen LogP contribution in [0.5, 0.6) is 11.5 Å². The third-order valence-corrected chi connectivity index (χ3v) is 5.44. The van der Waals surface area contributed by atoms with Gasteiger partial charge in [-0.3, -0.25) is 18.6 Å². The maximum Gasteiger partial charge on any atom is 0.533 e. The Hall–Kier alpha value is -3.01. The molecule has 0 aliphatic heterocycles. The first-order chi connectivity index (χ1) is 12.6. The summed E-state index contributed by atoms with van der Waals surface area (Å²) in [7, 11) is -3.49. The van der Waals surface area contributed by atoms with Crippen molar-refractivity contribution in [3.63, 3.8) is 0 Å². The summed E-state index contributed by atoms with van der Waals surface area (Å²) in [5.74, 6) is 0.750. The Labute approximate surface area is 151 Å². The summed E-state index contributed by atoms with van der Waals surface area (Å²) in [6, 6.07) is 21.6. The van der Waals surface area contributed by atoms with Gasteiger partial charge in [-0.2, -0.15) is 4.89 Å². The summed E-state index contributed by atoms with van der Waals surface area (Å²) in [6.45, 7) is 0. The van der Waals surface area contributed by atoms with Crippen LogP contribution in [0.3, 0.4) is 0 Å². The van der Waals surface area contributed by atoms with Crippen molar-refractivity contribution in [1.82, 2.24) is 0 Å². The number of aldehydes is 2. The van der Waals surface area contributed by atoms with E-state index in [-0.39, 0.29) is 0 Å². The summed E-state index contributed by atoms with van der Waals surface area (Å²) < 4.78 is 11.6. The Morgan fingerprint density at radius 3 is 1.46 bits per heavy atom. The molecule has 0 spiro atoms. The van der Waals surface area contributed by atoms with E-state index in [1.54, 1.807) is 72.8 Å². The van der Waals surface area contributed by atoms with Gasteiger partial charge in [0.2, 0.25) is 5.30 Å². The number of hydrogen-bond donors (Lipinski definition) is 1. The van der Waals surface area contributed by atoms with Crippen LogP contribution in [-0.2, 0) is 0 Å². The van der Waals surface area contributed by atoms with Gasteiger partial charge in [-0.25, -0.2) is 0 Å². The normalized spacial score (nSPS) is 10.8. The van der Waals surface area contributed by atoms with E-state index in [0.29, 0.717) is 27.9 Å². The lowest BCUT2D eigenvalue weighted by atomic mass is 10.2. The van der Waals surface area contributed by atoms with Crippen LogP contribution in [0.4, 0.5) is 0 Å². The van der Waals surface area contributed by atoms with Gasteiger partial charge in [-0.15, -0.1) is 0 Å². The zero-order valence-electron chi connectivity index (χ0n) is 13.7. The second-order valence-electron chi connectivity index (χ2n) is 5.41. The quantitative estimate of drug-likeness (QED) is 0.507. The van der Waals surface area contributed by atoms with E-state index < -0.39 is 7.94 Å². The minimum absolute atomic E-state index is 0.375. The van der Waals surface area contributed by atoms with E-state index in [1.807, 2.05) is 6.07 Å². The molecule has 0 aliphatic carbocycles. The van der Waals surface area contributed by atoms with Crippen molar-refractivity contribution >= 4 is 25.8 Å². The van der Waals surface area contributed by atoms with Crippen LogP contribution in [0, 0.1) is 0 Å². The Morgan fingerprint density at radius 2 is 1.08 bits per heavy atom. The van der Waals surface area contributed by atoms with Crippen molar-refractivity contribution in [2.24, 2.45) is 0 Å². The largest absolute Gasteiger partial charge is 0.533 e. The molecule has 3 aromatic rings. The van der Waals surface area contributed by atoms with Crippen molar-refractivity contribution in [3.05, 3.63) is 90.0 Å². The van der Waals surface area contributed by atoms with Gasteiger partial charge in [0.25, 0.3) is 0 Å². The fraction of sp³-hybridized carbons (Fsp3) is 0. The molecule has 26 heavy (non-hydrogen) atoms. The molecule has 0 bridgehead atoms. The van der Waals surface area contributed by atoms with Crippen molar-refractivity contribution in [3.8, 4) is 11.5 Å². The van der Waals surface area contributed by atoms with Gasteiger partial charge in [0.1, 0.15) is 12.6 Å². The molecule has 0 radical (unpaired) electrons. The monoisotopic (exact) mass is 367 g/mol. The Morgan fingerprint density at radius 1 is 0.654 bits per heavy atom. The van der Waals surface area contributed by atoms with Gasteiger partial charge < -0.3 is 0 Å². The van der Waals surface area contributed by atoms with E-state index in [2.05, 4.69) is 0 Å². The lowest BCUT2D eigenvalue weighted by Gasteiger charge is -2.18. The fourth-order valence-corrected chi connectivity index (χ4v) is 3.85. The maximum absolute atomic E-state index is 11.2. The minimum Gasteiger partial charge on any atom is -0.298 e. The maximum atomic E-state index is 11.2. The Bertz CT molecular complexity index is 823. The predicted octanol–water partition coefficient (Wildman–Crippen LogP) is 3.85. The first kappa shape index (κ1) is 17.8. The highest BCUT2D eigenvalue weighted by Crippen LogP contribution is 2.55. The van der Waals surface area contributed by atoms with Gasteiger partial charge >= 0.3 is 7.94 Å². The van der Waals surface area contributed by atoms with Crippen LogP contribution in [0.15, 0.2) is 78.9 Å². The molecule has 0 unspecified atom stereocenters. The average Bonchev–Trinajstić information content (AvgIpc) is 2.70. The first-order valence-corrected chi connectivity index (χ1v) is 9.38. The van der Waals surface area contributed by atoms with Crippen LogP contribution < -0.4 is 14.4 Å². The summed E-state index contributed by atoms with van der Waals surface area (Å²) in [5, 5.41) is 0.499. The van der Waals surface area contributed by atoms with Gasteiger partial charge in [-0.1, -0.05) is 18.2 Å². The topological polar surface area (TPSA) is 72.8 Å². The van der Waals surface area contributed by atoms with Crippen LogP contribution >= 0.6 is 7.94 Å². The number of benzene rings is 3. The Kier molecular flexibility index (Phi) is 5.42. The van der Waals surface area contributed by atoms with Crippen molar-refractivity contribution in [2.45, 2.75) is 0 Å². The molecule has 5 nitrogen and oxygen atoms in total. The SMILES string of the molecule is O=Cc1ccc(O[P+](O)(Oc2ccc(C=O)cc2)c2ccccc2)cc1. The highest BCUT2D eigenvalue weighted by molar-refractivity contribution is 7.69. The van der Waals surface area contributed by atoms with Gasteiger partial charge in [0.15, 0.2) is 11.5 Å². The van der Waals surface area contributed by atoms with E-state index in [0.717, 1.165) is 12.6 Å². The smallest absolute Gasteiger partial charge is 0.298 e. The number of hydrogen-bond acceptors (Lipinski definition) is 5. The van der Waals surface area contributed by atoms with Gasteiger partial charge in [0, 0.05) is 11.1 Å². The molecular weight excluding hydrogens is 351 g/mol. The van der Waals surface area contributed by atoms with E-state index in [1.165, 1.54) is 0 Å². The van der Waals surface area contributed by atoms with Crippen LogP contribution in [0.2, 0.25) is 0 Å². The third-order valence-electron chi connectivity index (χ3n) is 3.57. The molecule has 0 heterocycles. The molecule has 0 amide bonds. The molecule has 0 saturated heterocycles. The summed E-state index contributed by atoms with van der Waals surface area (Å²) in [5.41, 5.74) is 1.01. The summed E-state index contributed by atoms with van der Waals surface area (Å²) >= 11 is 0. The zero-order chi connectivity index (χ0) is 18.4. The zero-order valence-corrected chi connectivity index (χ0v) is 14.6. The average molecular weight is 367 g/mol. The van der Waals surface area contributed by atoms with E-state index in [4.69, 9.17) is 9.05 Å². The lowest BCUT2D eigenvalue weighted by Crippen LogP contribution is -2.20. The molecule has 3 aromatic carbocycles. The van der Waals surface area contributed by atoms with E-state index >= 15 is 0 Å². The number of rotatable bonds is 7. The molecule has 6 heteroatoms. The highest BCUT2D eigenvalue weighted by Gasteiger charge is 2.47. The van der Waals surface area contributed by atoms with Crippen LogP contribution in [-0.4, -0.2) is 17.5 Å². The van der Waals surface area contributed by atoms with Crippen LogP contribution in [0.25, 0.3) is 0 Å². The third kappa shape index (κ3) is 4.14. The second kappa shape index (κ2) is 7.91. The highest BCUT2D eigenvalue weighted by atomic mass is 31.2. The van der Waals surface area contributed by atoms with Crippen molar-refractivity contribution < 1.29 is 23.5 Å². The molecule has 1 N–H and O–H groups in total. The lowest BCUT2D eigenvalue weighted by molar-refractivity contribution is 0.111. The molecule has 0 saturated carbocycles. The van der Waals surface area contributed by atoms with Crippen LogP contribution in [0.1, 0.15) is 20.7 Å². The van der Waals surface area contributed by atoms with Gasteiger partial charge in [-0.05, 0) is 60.7 Å². The molecule has 0 aliphatic rings. The summed E-state index contributed by atoms with van der Waals surface area (Å²) in [4.78, 5) is 32.7. The molecule has 0 fully saturated rings. The fourth-order valence-electron chi connectivity index (χ4n) is 2.24. The molecule has 130 valence electrons. The predicted molar refractivity (Wildman–Crippen MR) is 100 cm³/mol. The molecule has 3 rings (SSSR count). The van der Waals surface area contributed by atoms with Crippen molar-refractivity contribution in [1.29, 1.82) is 0 Å². The second-order valence-corrected chi connectivity index (χ2v) is 7.33. The molecule has 0 aromatic heterocycles. The summed E-state index contributed by atoms with van der Waals surface area (Å²) in [6.07, 6.45) is 1.46. The standard InChI is InChI=1S/C20H16O5P/c21-14-16-6-10-18(11-7-16)24-26(23,20-4-2-1-3-5-20)25-19-12-8-17(15-22)9-13-19/h1-15,23H/q+1. The molecule has 0 atom stereocenters. The van der Waals surface area contributed by atoms with Crippen molar-refractivity contribution in [2.75, 3.05) is 0 Å². The first-order valence-electron chi connectivity index (χ1n) is 7.80. The van der Waals surface area contributed by atoms with E-state index in [9.17, 15) is 14.5 Å². The number of carbonyl (C=O) groups is 2. The van der Waals surface area contributed by atoms with Gasteiger partial charge in [0.05, 0.1) is 0 Å². The molecular formula is C20H16O5P+. The number of carbonyl (C=O) groups excluding carboxylic acids is 2. The minimum atomic E-state index is -3.49. The Balaban J connectivity index is 1.92.